The van der Waals surface area contributed by atoms with Gasteiger partial charge in [0, 0.05) is 61.7 Å². The number of hydrogen-bond donors (Lipinski definition) is 2. The molecule has 9 rings (SSSR count). The number of nitrogens with two attached hydrogens (primary N) is 1. The molecule has 1 fully saturated rings. The number of carbonyl (C=O) groups is 1. The highest BCUT2D eigenvalue weighted by molar-refractivity contribution is 7.99. The molecule has 0 radical (unpaired) electrons. The third-order valence-corrected chi connectivity index (χ3v) is 15.1. The number of piperidine rings is 1. The van der Waals surface area contributed by atoms with Gasteiger partial charge in [0.25, 0.3) is 5.91 Å². The second-order valence-electron chi connectivity index (χ2n) is 23.7. The van der Waals surface area contributed by atoms with Crippen LogP contribution in [-0.4, -0.2) is 134 Å². The highest BCUT2D eigenvalue weighted by atomic mass is 35.5. The van der Waals surface area contributed by atoms with Crippen LogP contribution in [0.25, 0.3) is 22.3 Å². The average molecular weight is 1180 g/mol. The Kier molecular flexibility index (Phi) is 20.5. The van der Waals surface area contributed by atoms with Crippen molar-refractivity contribution in [2.24, 2.45) is 7.05 Å². The summed E-state index contributed by atoms with van der Waals surface area (Å²) in [7, 11) is 1.70. The van der Waals surface area contributed by atoms with E-state index in [1.807, 2.05) is 30.2 Å². The summed E-state index contributed by atoms with van der Waals surface area (Å²) < 4.78 is 19.0. The number of imidazole rings is 4. The number of fused-ring (bicyclic) bond motifs is 3. The molecule has 0 spiro atoms. The number of anilines is 1. The van der Waals surface area contributed by atoms with Crippen LogP contribution in [0.4, 0.5) is 17.3 Å². The van der Waals surface area contributed by atoms with Crippen LogP contribution >= 0.6 is 35.6 Å². The molecule has 24 nitrogen and oxygen atoms in total. The lowest BCUT2D eigenvalue weighted by molar-refractivity contribution is -0.392. The Hall–Kier alpha value is -6.61. The number of carbonyl (C=O) groups excluding carboxylic acids is 1. The number of amides is 1. The number of nitrogens with zero attached hydrogens (tertiary/aromatic N) is 15. The molecule has 0 bridgehead atoms. The van der Waals surface area contributed by atoms with Crippen molar-refractivity contribution < 1.29 is 24.1 Å². The van der Waals surface area contributed by atoms with Crippen molar-refractivity contribution in [3.63, 3.8) is 0 Å². The number of ether oxygens (including phenoxy) is 2. The van der Waals surface area contributed by atoms with Crippen molar-refractivity contribution >= 4 is 81.1 Å². The number of benzene rings is 1. The molecule has 0 atom stereocenters. The Labute approximate surface area is 486 Å². The minimum absolute atomic E-state index is 0.000409. The standard InChI is InChI=1S/C22H34ClN3O2.C13H15N7O2S.C10H17N3O3.C9H12N4S/c1-5-6-10-25-11-7-15(8-12-25)26(22(2,3)4)21(27)17-14-18(23)19(24)16-9-13-28-20(16)17;1-13(2,3)19-7-16-8-9(19)14-5-15-11(8)23-12-10(20(21)22)17-6-18(12)4;1-8-11-7-9(13(14)15)12(8)5-6-16-10(2,3)4;1-9(2,3)13-5-12-6-7(13)10-4-11-8(6)14/h14-15H,5-13,24H2,1-4H3;5-7H,1-4H3;7H,5-6H2,1-4H3;4-5H,1-3H3,(H,10,11,14). The molecule has 8 heterocycles. The lowest BCUT2D eigenvalue weighted by atomic mass is 9.94. The van der Waals surface area contributed by atoms with E-state index in [9.17, 15) is 25.0 Å². The fraction of sp³-hybridized carbons (Fsp3) is 0.574. The molecule has 6 aromatic heterocycles. The van der Waals surface area contributed by atoms with E-state index in [2.05, 4.69) is 119 Å². The van der Waals surface area contributed by atoms with Gasteiger partial charge < -0.3 is 63.9 Å². The van der Waals surface area contributed by atoms with Crippen molar-refractivity contribution in [1.29, 1.82) is 0 Å². The van der Waals surface area contributed by atoms with E-state index in [1.54, 1.807) is 48.2 Å². The van der Waals surface area contributed by atoms with E-state index in [4.69, 9.17) is 39.0 Å². The van der Waals surface area contributed by atoms with Gasteiger partial charge in [0.2, 0.25) is 6.33 Å². The van der Waals surface area contributed by atoms with Crippen molar-refractivity contribution in [1.82, 2.24) is 67.9 Å². The van der Waals surface area contributed by atoms with Gasteiger partial charge >= 0.3 is 11.6 Å². The number of aromatic nitrogens is 12. The Balaban J connectivity index is 0.000000180. The number of aryl methyl sites for hydroxylation is 2. The number of likely N-dealkylation sites (tertiary alicyclic amines) is 1. The predicted octanol–water partition coefficient (Wildman–Crippen LogP) is 10.9. The van der Waals surface area contributed by atoms with Crippen LogP contribution in [0.5, 0.6) is 5.75 Å². The Bertz CT molecular complexity index is 3390. The summed E-state index contributed by atoms with van der Waals surface area (Å²) in [4.78, 5) is 71.1. The molecule has 3 N–H and O–H groups in total. The van der Waals surface area contributed by atoms with Gasteiger partial charge in [-0.1, -0.05) is 37.2 Å². The molecular weight excluding hydrogens is 1100 g/mol. The molecule has 27 heteroatoms. The first-order chi connectivity index (χ1) is 37.8. The number of aromatic amines is 1. The van der Waals surface area contributed by atoms with E-state index in [0.29, 0.717) is 79.9 Å². The number of nitrogens with one attached hydrogen (secondary N) is 1. The number of rotatable bonds is 12. The predicted molar refractivity (Wildman–Crippen MR) is 317 cm³/mol. The number of halogens is 1. The maximum absolute atomic E-state index is 13.7. The number of H-pyrrole nitrogens is 1. The van der Waals surface area contributed by atoms with Gasteiger partial charge in [-0.25, -0.2) is 34.5 Å². The molecule has 1 amide bonds. The molecule has 0 saturated carbocycles. The van der Waals surface area contributed by atoms with Crippen molar-refractivity contribution in [3.05, 3.63) is 90.7 Å². The summed E-state index contributed by atoms with van der Waals surface area (Å²) in [6.45, 7) is 33.3. The smallest absolute Gasteiger partial charge is 0.396 e. The maximum Gasteiger partial charge on any atom is 0.396 e. The van der Waals surface area contributed by atoms with Gasteiger partial charge in [-0.3, -0.25) is 4.79 Å². The minimum atomic E-state index is -0.505. The number of nitro groups is 2. The first-order valence-corrected chi connectivity index (χ1v) is 28.5. The second kappa shape index (κ2) is 26.1. The Morgan fingerprint density at radius 2 is 1.57 bits per heavy atom. The van der Waals surface area contributed by atoms with Crippen LogP contribution in [0.15, 0.2) is 54.0 Å². The lowest BCUT2D eigenvalue weighted by Gasteiger charge is -2.45. The van der Waals surface area contributed by atoms with Crippen LogP contribution in [0.1, 0.15) is 137 Å². The van der Waals surface area contributed by atoms with Crippen molar-refractivity contribution in [2.75, 3.05) is 38.6 Å². The minimum Gasteiger partial charge on any atom is -0.492 e. The highest BCUT2D eigenvalue weighted by Crippen LogP contribution is 2.41. The van der Waals surface area contributed by atoms with Crippen LogP contribution in [0.2, 0.25) is 5.02 Å². The van der Waals surface area contributed by atoms with E-state index in [1.165, 1.54) is 31.7 Å². The van der Waals surface area contributed by atoms with Crippen molar-refractivity contribution in [3.8, 4) is 5.75 Å². The SMILES string of the molecule is CC(C)(C)n1cnc2c(=S)nc[nH]c21.CCCCN1CCC(N(C(=O)c2cc(Cl)c(N)c3c2OCC3)C(C)(C)C)CC1.Cc1ncc([N+](=O)[O-])n1CCOC(C)(C)C.Cn1cnc([N+](=O)[O-])c1Sc1ncnc2c1ncn2C(C)(C)C. The van der Waals surface area contributed by atoms with Gasteiger partial charge in [0.15, 0.2) is 21.1 Å². The number of nitrogen functional groups attached to an aromatic ring is 1. The largest absolute Gasteiger partial charge is 0.492 e. The molecule has 2 aliphatic rings. The summed E-state index contributed by atoms with van der Waals surface area (Å²) in [5, 5.41) is 23.2. The molecule has 0 unspecified atom stereocenters. The molecule has 440 valence electrons. The van der Waals surface area contributed by atoms with E-state index >= 15 is 0 Å². The highest BCUT2D eigenvalue weighted by Gasteiger charge is 2.38. The summed E-state index contributed by atoms with van der Waals surface area (Å²) in [6.07, 6.45) is 14.4. The van der Waals surface area contributed by atoms with Crippen LogP contribution in [0.3, 0.4) is 0 Å². The zero-order chi connectivity index (χ0) is 59.9. The van der Waals surface area contributed by atoms with Crippen LogP contribution < -0.4 is 10.5 Å². The van der Waals surface area contributed by atoms with E-state index in [-0.39, 0.29) is 45.8 Å². The van der Waals surface area contributed by atoms with Crippen LogP contribution in [0, 0.1) is 31.8 Å². The zero-order valence-electron chi connectivity index (χ0n) is 49.2. The summed E-state index contributed by atoms with van der Waals surface area (Å²) in [5.74, 6) is 1.07. The summed E-state index contributed by atoms with van der Waals surface area (Å²) in [5.41, 5.74) is 10.4. The topological polar surface area (TPSA) is 280 Å². The quantitative estimate of drug-likeness (QED) is 0.0378. The third-order valence-electron chi connectivity index (χ3n) is 13.3. The molecule has 7 aromatic rings. The summed E-state index contributed by atoms with van der Waals surface area (Å²) in [6, 6.07) is 1.91. The van der Waals surface area contributed by atoms with Gasteiger partial charge in [-0.05, 0) is 142 Å². The molecule has 0 aliphatic carbocycles. The van der Waals surface area contributed by atoms with Gasteiger partial charge in [-0.15, -0.1) is 0 Å². The van der Waals surface area contributed by atoms with Gasteiger partial charge in [-0.2, -0.15) is 0 Å². The maximum atomic E-state index is 13.7. The first kappa shape index (κ1) is 63.6. The summed E-state index contributed by atoms with van der Waals surface area (Å²) >= 11 is 12.6. The molecule has 81 heavy (non-hydrogen) atoms. The molecule has 1 aromatic carbocycles. The fourth-order valence-electron chi connectivity index (χ4n) is 9.26. The third kappa shape index (κ3) is 15.7. The normalized spacial score (nSPS) is 14.1. The number of unbranched alkanes of at least 4 members (excludes halogenated alkanes) is 1. The second-order valence-corrected chi connectivity index (χ2v) is 25.5. The van der Waals surface area contributed by atoms with E-state index < -0.39 is 9.85 Å². The van der Waals surface area contributed by atoms with Crippen LogP contribution in [-0.2, 0) is 35.8 Å². The average Bonchev–Trinajstić information content (AvgIpc) is 4.39. The van der Waals surface area contributed by atoms with E-state index in [0.717, 1.165) is 61.0 Å². The van der Waals surface area contributed by atoms with Gasteiger partial charge in [0.1, 0.15) is 46.5 Å². The fourth-order valence-corrected chi connectivity index (χ4v) is 10.6. The zero-order valence-corrected chi connectivity index (χ0v) is 51.6. The molecule has 1 saturated heterocycles. The number of hydrogen-bond acceptors (Lipinski definition) is 18. The molecular formula is C54H78ClN17O7S2. The Morgan fingerprint density at radius 1 is 0.914 bits per heavy atom. The first-order valence-electron chi connectivity index (χ1n) is 26.9. The Morgan fingerprint density at radius 3 is 2.17 bits per heavy atom. The van der Waals surface area contributed by atoms with Crippen molar-refractivity contribution in [2.45, 2.75) is 174 Å². The monoisotopic (exact) mass is 1180 g/mol. The molecule has 2 aliphatic heterocycles. The lowest BCUT2D eigenvalue weighted by Crippen LogP contribution is -2.55. The van der Waals surface area contributed by atoms with Gasteiger partial charge in [0.05, 0.1) is 54.1 Å².